The standard InChI is InChI=1S/C21H21NO4S/c1-25-14-6-13-22-20(23)18(15-9-11-16(26-2)12-10-15)19(21(22)24)27-17-7-4-3-5-8-17/h3-5,7-12H,6,13-14H2,1-2H3. The SMILES string of the molecule is COCCCN1C(=O)C(Sc2ccccc2)=C(c2ccc(OC)cc2)C1=O. The molecule has 0 aliphatic carbocycles. The molecule has 0 unspecified atom stereocenters. The molecule has 0 saturated carbocycles. The second kappa shape index (κ2) is 8.88. The molecule has 1 aliphatic heterocycles. The predicted molar refractivity (Wildman–Crippen MR) is 105 cm³/mol. The second-order valence-electron chi connectivity index (χ2n) is 5.96. The molecule has 5 nitrogen and oxygen atoms in total. The van der Waals surface area contributed by atoms with E-state index in [-0.39, 0.29) is 11.8 Å². The fourth-order valence-corrected chi connectivity index (χ4v) is 3.87. The maximum atomic E-state index is 13.0. The zero-order valence-electron chi connectivity index (χ0n) is 15.3. The Morgan fingerprint density at radius 3 is 2.26 bits per heavy atom. The molecule has 0 aromatic heterocycles. The number of amides is 2. The minimum Gasteiger partial charge on any atom is -0.497 e. The van der Waals surface area contributed by atoms with Gasteiger partial charge in [-0.1, -0.05) is 42.1 Å². The molecule has 27 heavy (non-hydrogen) atoms. The van der Waals surface area contributed by atoms with E-state index in [0.29, 0.717) is 41.4 Å². The zero-order chi connectivity index (χ0) is 19.2. The number of nitrogens with zero attached hydrogens (tertiary/aromatic N) is 1. The van der Waals surface area contributed by atoms with Crippen molar-refractivity contribution in [3.8, 4) is 5.75 Å². The minimum atomic E-state index is -0.264. The van der Waals surface area contributed by atoms with Gasteiger partial charge in [-0.2, -0.15) is 0 Å². The van der Waals surface area contributed by atoms with E-state index in [1.807, 2.05) is 42.5 Å². The van der Waals surface area contributed by atoms with Gasteiger partial charge in [0.25, 0.3) is 11.8 Å². The van der Waals surface area contributed by atoms with Gasteiger partial charge in [-0.05, 0) is 36.2 Å². The van der Waals surface area contributed by atoms with Crippen LogP contribution in [0.4, 0.5) is 0 Å². The van der Waals surface area contributed by atoms with E-state index in [0.717, 1.165) is 4.90 Å². The van der Waals surface area contributed by atoms with Crippen molar-refractivity contribution in [2.24, 2.45) is 0 Å². The number of ether oxygens (including phenoxy) is 2. The summed E-state index contributed by atoms with van der Waals surface area (Å²) >= 11 is 1.32. The average Bonchev–Trinajstić information content (AvgIpc) is 2.93. The van der Waals surface area contributed by atoms with Crippen molar-refractivity contribution in [3.05, 3.63) is 65.1 Å². The van der Waals surface area contributed by atoms with Crippen molar-refractivity contribution >= 4 is 29.1 Å². The highest BCUT2D eigenvalue weighted by Gasteiger charge is 2.39. The molecule has 0 N–H and O–H groups in total. The molecule has 0 spiro atoms. The van der Waals surface area contributed by atoms with E-state index in [2.05, 4.69) is 0 Å². The van der Waals surface area contributed by atoms with Gasteiger partial charge in [0.05, 0.1) is 17.6 Å². The molecule has 2 aromatic carbocycles. The van der Waals surface area contributed by atoms with Crippen LogP contribution in [0.25, 0.3) is 5.57 Å². The van der Waals surface area contributed by atoms with Gasteiger partial charge < -0.3 is 9.47 Å². The summed E-state index contributed by atoms with van der Waals surface area (Å²) in [7, 11) is 3.19. The number of carbonyl (C=O) groups excluding carboxylic acids is 2. The van der Waals surface area contributed by atoms with E-state index in [4.69, 9.17) is 9.47 Å². The third-order valence-electron chi connectivity index (χ3n) is 4.20. The lowest BCUT2D eigenvalue weighted by molar-refractivity contribution is -0.136. The maximum Gasteiger partial charge on any atom is 0.268 e. The van der Waals surface area contributed by atoms with Crippen molar-refractivity contribution < 1.29 is 19.1 Å². The Morgan fingerprint density at radius 1 is 0.926 bits per heavy atom. The summed E-state index contributed by atoms with van der Waals surface area (Å²) in [5, 5.41) is 0. The van der Waals surface area contributed by atoms with Crippen LogP contribution in [-0.2, 0) is 14.3 Å². The molecule has 2 aromatic rings. The number of thioether (sulfide) groups is 1. The summed E-state index contributed by atoms with van der Waals surface area (Å²) in [6.07, 6.45) is 0.604. The highest BCUT2D eigenvalue weighted by Crippen LogP contribution is 2.39. The molecular weight excluding hydrogens is 362 g/mol. The number of carbonyl (C=O) groups is 2. The van der Waals surface area contributed by atoms with Crippen LogP contribution in [0.3, 0.4) is 0 Å². The fourth-order valence-electron chi connectivity index (χ4n) is 2.84. The molecule has 1 aliphatic rings. The van der Waals surface area contributed by atoms with Gasteiger partial charge in [0.15, 0.2) is 0 Å². The van der Waals surface area contributed by atoms with Crippen molar-refractivity contribution in [2.45, 2.75) is 11.3 Å². The molecular formula is C21H21NO4S. The normalized spacial score (nSPS) is 14.2. The van der Waals surface area contributed by atoms with Crippen molar-refractivity contribution in [3.63, 3.8) is 0 Å². The van der Waals surface area contributed by atoms with Crippen molar-refractivity contribution in [1.29, 1.82) is 0 Å². The first-order valence-corrected chi connectivity index (χ1v) is 9.44. The van der Waals surface area contributed by atoms with Crippen LogP contribution in [0.2, 0.25) is 0 Å². The summed E-state index contributed by atoms with van der Waals surface area (Å²) < 4.78 is 10.2. The molecule has 0 radical (unpaired) electrons. The third kappa shape index (κ3) is 4.23. The summed E-state index contributed by atoms with van der Waals surface area (Å²) in [5.74, 6) is 0.181. The summed E-state index contributed by atoms with van der Waals surface area (Å²) in [6, 6.07) is 16.8. The Kier molecular flexibility index (Phi) is 6.32. The highest BCUT2D eigenvalue weighted by atomic mass is 32.2. The Morgan fingerprint density at radius 2 is 1.63 bits per heavy atom. The number of hydrogen-bond acceptors (Lipinski definition) is 5. The lowest BCUT2D eigenvalue weighted by Gasteiger charge is -2.14. The third-order valence-corrected chi connectivity index (χ3v) is 5.29. The van der Waals surface area contributed by atoms with Gasteiger partial charge in [0, 0.05) is 25.2 Å². The minimum absolute atomic E-state index is 0.254. The largest absolute Gasteiger partial charge is 0.497 e. The quantitative estimate of drug-likeness (QED) is 0.515. The molecule has 2 amide bonds. The van der Waals surface area contributed by atoms with Gasteiger partial charge >= 0.3 is 0 Å². The Labute approximate surface area is 163 Å². The Hall–Kier alpha value is -2.57. The van der Waals surface area contributed by atoms with Gasteiger partial charge in [-0.25, -0.2) is 0 Å². The molecule has 0 atom stereocenters. The predicted octanol–water partition coefficient (Wildman–Crippen LogP) is 3.60. The van der Waals surface area contributed by atoms with Crippen molar-refractivity contribution in [1.82, 2.24) is 4.90 Å². The van der Waals surface area contributed by atoms with Crippen LogP contribution in [0.5, 0.6) is 5.75 Å². The van der Waals surface area contributed by atoms with Gasteiger partial charge in [-0.15, -0.1) is 0 Å². The van der Waals surface area contributed by atoms with E-state index in [9.17, 15) is 9.59 Å². The van der Waals surface area contributed by atoms with E-state index >= 15 is 0 Å². The zero-order valence-corrected chi connectivity index (χ0v) is 16.1. The van der Waals surface area contributed by atoms with Crippen LogP contribution in [0.1, 0.15) is 12.0 Å². The molecule has 0 bridgehead atoms. The lowest BCUT2D eigenvalue weighted by atomic mass is 10.1. The first kappa shape index (κ1) is 19.2. The van der Waals surface area contributed by atoms with Crippen LogP contribution < -0.4 is 4.74 Å². The second-order valence-corrected chi connectivity index (χ2v) is 7.04. The van der Waals surface area contributed by atoms with Crippen molar-refractivity contribution in [2.75, 3.05) is 27.4 Å². The molecule has 0 fully saturated rings. The van der Waals surface area contributed by atoms with E-state index in [1.165, 1.54) is 16.7 Å². The molecule has 1 heterocycles. The molecule has 0 saturated heterocycles. The van der Waals surface area contributed by atoms with Crippen LogP contribution >= 0.6 is 11.8 Å². The maximum absolute atomic E-state index is 13.0. The smallest absolute Gasteiger partial charge is 0.268 e. The van der Waals surface area contributed by atoms with Crippen LogP contribution in [0, 0.1) is 0 Å². The topological polar surface area (TPSA) is 55.8 Å². The molecule has 3 rings (SSSR count). The van der Waals surface area contributed by atoms with Gasteiger partial charge in [0.1, 0.15) is 5.75 Å². The van der Waals surface area contributed by atoms with Crippen LogP contribution in [0.15, 0.2) is 64.4 Å². The summed E-state index contributed by atoms with van der Waals surface area (Å²) in [5.41, 5.74) is 1.15. The van der Waals surface area contributed by atoms with Crippen LogP contribution in [-0.4, -0.2) is 44.1 Å². The monoisotopic (exact) mass is 383 g/mol. The number of hydrogen-bond donors (Lipinski definition) is 0. The molecule has 6 heteroatoms. The fraction of sp³-hybridized carbons (Fsp3) is 0.238. The first-order valence-electron chi connectivity index (χ1n) is 8.62. The highest BCUT2D eigenvalue weighted by molar-refractivity contribution is 8.04. The molecule has 140 valence electrons. The number of methoxy groups -OCH3 is 2. The van der Waals surface area contributed by atoms with Gasteiger partial charge in [-0.3, -0.25) is 14.5 Å². The van der Waals surface area contributed by atoms with E-state index < -0.39 is 0 Å². The lowest BCUT2D eigenvalue weighted by Crippen LogP contribution is -2.33. The number of benzene rings is 2. The Bertz CT molecular complexity index is 846. The number of imide groups is 1. The number of rotatable bonds is 8. The van der Waals surface area contributed by atoms with E-state index in [1.54, 1.807) is 26.4 Å². The van der Waals surface area contributed by atoms with Gasteiger partial charge in [0.2, 0.25) is 0 Å². The Balaban J connectivity index is 1.97. The summed E-state index contributed by atoms with van der Waals surface area (Å²) in [4.78, 5) is 28.7. The average molecular weight is 383 g/mol. The summed E-state index contributed by atoms with van der Waals surface area (Å²) in [6.45, 7) is 0.833. The first-order chi connectivity index (χ1) is 13.2.